The van der Waals surface area contributed by atoms with Crippen LogP contribution in [0.25, 0.3) is 0 Å². The van der Waals surface area contributed by atoms with E-state index in [1.807, 2.05) is 18.2 Å². The number of nitrogens with zero attached hydrogens (tertiary/aromatic N) is 2. The van der Waals surface area contributed by atoms with E-state index in [0.717, 1.165) is 24.4 Å². The molecule has 2 aliphatic heterocycles. The van der Waals surface area contributed by atoms with Crippen molar-refractivity contribution in [2.24, 2.45) is 5.92 Å². The molecule has 0 N–H and O–H groups in total. The highest BCUT2D eigenvalue weighted by Gasteiger charge is 2.44. The van der Waals surface area contributed by atoms with Gasteiger partial charge >= 0.3 is 0 Å². The fourth-order valence-electron chi connectivity index (χ4n) is 3.94. The zero-order valence-corrected chi connectivity index (χ0v) is 11.9. The monoisotopic (exact) mass is 270 g/mol. The van der Waals surface area contributed by atoms with Crippen molar-refractivity contribution in [1.29, 1.82) is 0 Å². The van der Waals surface area contributed by atoms with Crippen LogP contribution >= 0.6 is 0 Å². The van der Waals surface area contributed by atoms with Crippen LogP contribution in [0.5, 0.6) is 0 Å². The normalized spacial score (nSPS) is 30.6. The molecule has 0 unspecified atom stereocenters. The zero-order valence-electron chi connectivity index (χ0n) is 11.9. The Bertz CT molecular complexity index is 497. The molecule has 3 heteroatoms. The van der Waals surface area contributed by atoms with Crippen molar-refractivity contribution in [2.45, 2.75) is 44.2 Å². The van der Waals surface area contributed by atoms with E-state index < -0.39 is 0 Å². The number of hydrogen-bond donors (Lipinski definition) is 0. The van der Waals surface area contributed by atoms with Crippen LogP contribution in [0.1, 0.15) is 32.1 Å². The summed E-state index contributed by atoms with van der Waals surface area (Å²) in [6.07, 6.45) is 5.72. The number of piperidine rings is 1. The van der Waals surface area contributed by atoms with Crippen molar-refractivity contribution in [3.05, 3.63) is 30.3 Å². The molecule has 0 spiro atoms. The average Bonchev–Trinajstić information content (AvgIpc) is 3.20. The number of fused-ring (bicyclic) bond motifs is 1. The third-order valence-corrected chi connectivity index (χ3v) is 5.10. The van der Waals surface area contributed by atoms with Crippen LogP contribution in [0, 0.1) is 5.92 Å². The van der Waals surface area contributed by atoms with Crippen LogP contribution in [-0.2, 0) is 4.79 Å². The quantitative estimate of drug-likeness (QED) is 0.843. The minimum atomic E-state index is 0.311. The number of hydrogen-bond acceptors (Lipinski definition) is 2. The molecule has 2 atom stereocenters. The molecule has 2 saturated heterocycles. The van der Waals surface area contributed by atoms with Gasteiger partial charge in [-0.15, -0.1) is 0 Å². The molecule has 3 fully saturated rings. The first-order valence-electron chi connectivity index (χ1n) is 7.94. The molecule has 0 bridgehead atoms. The van der Waals surface area contributed by atoms with Gasteiger partial charge in [-0.1, -0.05) is 18.2 Å². The predicted octanol–water partition coefficient (Wildman–Crippen LogP) is 2.67. The number of para-hydroxylation sites is 1. The van der Waals surface area contributed by atoms with Crippen molar-refractivity contribution in [2.75, 3.05) is 18.0 Å². The fourth-order valence-corrected chi connectivity index (χ4v) is 3.94. The fraction of sp³-hybridized carbons (Fsp3) is 0.588. The molecule has 106 valence electrons. The molecule has 0 radical (unpaired) electrons. The largest absolute Gasteiger partial charge is 0.308 e. The van der Waals surface area contributed by atoms with Crippen molar-refractivity contribution < 1.29 is 4.79 Å². The van der Waals surface area contributed by atoms with Gasteiger partial charge in [0.1, 0.15) is 0 Å². The maximum atomic E-state index is 12.4. The number of carbonyl (C=O) groups is 1. The summed E-state index contributed by atoms with van der Waals surface area (Å²) >= 11 is 0. The lowest BCUT2D eigenvalue weighted by molar-refractivity contribution is -0.120. The number of benzene rings is 1. The number of anilines is 1. The number of carbonyl (C=O) groups excluding carboxylic acids is 1. The third-order valence-electron chi connectivity index (χ3n) is 5.10. The van der Waals surface area contributed by atoms with E-state index in [-0.39, 0.29) is 0 Å². The van der Waals surface area contributed by atoms with Gasteiger partial charge in [0.2, 0.25) is 5.91 Å². The molecule has 2 heterocycles. The number of amides is 1. The van der Waals surface area contributed by atoms with Gasteiger partial charge in [-0.2, -0.15) is 0 Å². The average molecular weight is 270 g/mol. The van der Waals surface area contributed by atoms with E-state index in [2.05, 4.69) is 21.9 Å². The molecule has 1 aromatic rings. The Morgan fingerprint density at radius 3 is 2.55 bits per heavy atom. The zero-order chi connectivity index (χ0) is 13.5. The third kappa shape index (κ3) is 2.14. The van der Waals surface area contributed by atoms with Gasteiger partial charge in [0.05, 0.1) is 6.04 Å². The minimum absolute atomic E-state index is 0.311. The maximum absolute atomic E-state index is 12.4. The van der Waals surface area contributed by atoms with Crippen molar-refractivity contribution in [3.8, 4) is 0 Å². The summed E-state index contributed by atoms with van der Waals surface area (Å²) in [6, 6.07) is 11.2. The van der Waals surface area contributed by atoms with Gasteiger partial charge in [0.15, 0.2) is 0 Å². The second-order valence-electron chi connectivity index (χ2n) is 6.50. The first-order valence-corrected chi connectivity index (χ1v) is 7.94. The Hall–Kier alpha value is -1.35. The smallest absolute Gasteiger partial charge is 0.227 e. The summed E-state index contributed by atoms with van der Waals surface area (Å²) in [4.78, 5) is 17.1. The van der Waals surface area contributed by atoms with Crippen molar-refractivity contribution in [1.82, 2.24) is 4.90 Å². The summed E-state index contributed by atoms with van der Waals surface area (Å²) in [5.74, 6) is 1.25. The second-order valence-corrected chi connectivity index (χ2v) is 6.50. The lowest BCUT2D eigenvalue weighted by atomic mass is 9.95. The summed E-state index contributed by atoms with van der Waals surface area (Å²) < 4.78 is 0. The Balaban J connectivity index is 1.57. The molecule has 1 aromatic carbocycles. The van der Waals surface area contributed by atoms with E-state index in [0.29, 0.717) is 24.4 Å². The van der Waals surface area contributed by atoms with Crippen LogP contribution < -0.4 is 4.90 Å². The van der Waals surface area contributed by atoms with E-state index >= 15 is 0 Å². The molecular weight excluding hydrogens is 248 g/mol. The van der Waals surface area contributed by atoms with E-state index in [9.17, 15) is 4.79 Å². The molecule has 1 aliphatic carbocycles. The predicted molar refractivity (Wildman–Crippen MR) is 79.7 cm³/mol. The topological polar surface area (TPSA) is 23.6 Å². The molecular formula is C17H22N2O. The van der Waals surface area contributed by atoms with Gasteiger partial charge in [0, 0.05) is 31.2 Å². The summed E-state index contributed by atoms with van der Waals surface area (Å²) in [7, 11) is 0. The van der Waals surface area contributed by atoms with Crippen LogP contribution in [0.15, 0.2) is 30.3 Å². The lowest BCUT2D eigenvalue weighted by Crippen LogP contribution is -2.52. The van der Waals surface area contributed by atoms with Crippen LogP contribution in [0.2, 0.25) is 0 Å². The van der Waals surface area contributed by atoms with Crippen LogP contribution in [0.3, 0.4) is 0 Å². The van der Waals surface area contributed by atoms with Crippen LogP contribution in [-0.4, -0.2) is 36.0 Å². The van der Waals surface area contributed by atoms with Crippen molar-refractivity contribution >= 4 is 11.6 Å². The molecule has 0 aromatic heterocycles. The Kier molecular flexibility index (Phi) is 3.03. The molecule has 20 heavy (non-hydrogen) atoms. The molecule has 1 amide bonds. The van der Waals surface area contributed by atoms with E-state index in [1.54, 1.807) is 0 Å². The molecule has 4 rings (SSSR count). The van der Waals surface area contributed by atoms with Crippen molar-refractivity contribution in [3.63, 3.8) is 0 Å². The Morgan fingerprint density at radius 2 is 1.80 bits per heavy atom. The highest BCUT2D eigenvalue weighted by Crippen LogP contribution is 2.38. The van der Waals surface area contributed by atoms with Gasteiger partial charge in [-0.3, -0.25) is 9.69 Å². The molecule has 3 nitrogen and oxygen atoms in total. The van der Waals surface area contributed by atoms with Gasteiger partial charge in [-0.05, 0) is 43.7 Å². The summed E-state index contributed by atoms with van der Waals surface area (Å²) in [5, 5.41) is 0. The van der Waals surface area contributed by atoms with Gasteiger partial charge < -0.3 is 4.90 Å². The SMILES string of the molecule is O=C1CC[C@H]2[C@H](CCN2CC2CC2)N1c1ccccc1. The number of rotatable bonds is 3. The van der Waals surface area contributed by atoms with Gasteiger partial charge in [-0.25, -0.2) is 0 Å². The highest BCUT2D eigenvalue weighted by molar-refractivity contribution is 5.95. The summed E-state index contributed by atoms with van der Waals surface area (Å²) in [5.41, 5.74) is 1.08. The Morgan fingerprint density at radius 1 is 1.00 bits per heavy atom. The second kappa shape index (κ2) is 4.88. The van der Waals surface area contributed by atoms with E-state index in [4.69, 9.17) is 0 Å². The summed E-state index contributed by atoms with van der Waals surface area (Å²) in [6.45, 7) is 2.43. The molecule has 1 saturated carbocycles. The first-order chi connectivity index (χ1) is 9.83. The standard InChI is InChI=1S/C17H22N2O/c20-17-9-8-15-16(10-11-18(15)12-13-6-7-13)19(17)14-4-2-1-3-5-14/h1-5,13,15-16H,6-12H2/t15-,16-/m0/s1. The van der Waals surface area contributed by atoms with Crippen LogP contribution in [0.4, 0.5) is 5.69 Å². The minimum Gasteiger partial charge on any atom is -0.308 e. The first kappa shape index (κ1) is 12.4. The molecule has 3 aliphatic rings. The van der Waals surface area contributed by atoms with Gasteiger partial charge in [0.25, 0.3) is 0 Å². The highest BCUT2D eigenvalue weighted by atomic mass is 16.2. The van der Waals surface area contributed by atoms with E-state index in [1.165, 1.54) is 25.9 Å². The lowest BCUT2D eigenvalue weighted by Gasteiger charge is -2.40. The maximum Gasteiger partial charge on any atom is 0.227 e. The number of likely N-dealkylation sites (tertiary alicyclic amines) is 1. The Labute approximate surface area is 120 Å².